The van der Waals surface area contributed by atoms with Crippen LogP contribution in [0.4, 0.5) is 5.82 Å². The number of hydrogen-bond acceptors (Lipinski definition) is 6. The van der Waals surface area contributed by atoms with E-state index in [9.17, 15) is 0 Å². The molecule has 1 aliphatic rings. The van der Waals surface area contributed by atoms with Crippen molar-refractivity contribution in [1.82, 2.24) is 24.7 Å². The molecule has 0 atom stereocenters. The lowest BCUT2D eigenvalue weighted by molar-refractivity contribution is 0.391. The van der Waals surface area contributed by atoms with E-state index in [4.69, 9.17) is 0 Å². The molecule has 1 N–H and O–H groups in total. The molecule has 0 unspecified atom stereocenters. The summed E-state index contributed by atoms with van der Waals surface area (Å²) >= 11 is 1.74. The Morgan fingerprint density at radius 1 is 1.29 bits per heavy atom. The van der Waals surface area contributed by atoms with Gasteiger partial charge in [0.25, 0.3) is 0 Å². The zero-order valence-electron chi connectivity index (χ0n) is 14.3. The van der Waals surface area contributed by atoms with Crippen LogP contribution in [0.3, 0.4) is 0 Å². The lowest BCUT2D eigenvalue weighted by Gasteiger charge is -2.24. The minimum absolute atomic E-state index is 0.591. The summed E-state index contributed by atoms with van der Waals surface area (Å²) < 4.78 is 2.13. The zero-order chi connectivity index (χ0) is 16.7. The third-order valence-electron chi connectivity index (χ3n) is 4.79. The molecule has 3 aromatic heterocycles. The van der Waals surface area contributed by atoms with Crippen LogP contribution < -0.4 is 5.32 Å². The number of thiophene rings is 1. The van der Waals surface area contributed by atoms with Gasteiger partial charge >= 0.3 is 0 Å². The van der Waals surface area contributed by atoms with E-state index < -0.39 is 0 Å². The maximum atomic E-state index is 4.59. The van der Waals surface area contributed by atoms with E-state index in [1.54, 1.807) is 11.3 Å². The summed E-state index contributed by atoms with van der Waals surface area (Å²) in [6.45, 7) is 4.73. The van der Waals surface area contributed by atoms with Gasteiger partial charge in [-0.15, -0.1) is 21.5 Å². The minimum atomic E-state index is 0.591. The van der Waals surface area contributed by atoms with Crippen molar-refractivity contribution < 1.29 is 0 Å². The van der Waals surface area contributed by atoms with Gasteiger partial charge in [-0.2, -0.15) is 0 Å². The fourth-order valence-corrected chi connectivity index (χ4v) is 4.11. The Kier molecular flexibility index (Phi) is 3.96. The molecular formula is C17H22N6S. The number of rotatable bonds is 5. The van der Waals surface area contributed by atoms with Crippen molar-refractivity contribution in [3.63, 3.8) is 0 Å². The quantitative estimate of drug-likeness (QED) is 0.768. The summed E-state index contributed by atoms with van der Waals surface area (Å²) in [5.41, 5.74) is 0. The largest absolute Gasteiger partial charge is 0.362 e. The molecule has 0 bridgehead atoms. The first-order valence-electron chi connectivity index (χ1n) is 8.54. The molecule has 7 heteroatoms. The average molecular weight is 342 g/mol. The molecule has 1 fully saturated rings. The van der Waals surface area contributed by atoms with Gasteiger partial charge in [-0.3, -0.25) is 0 Å². The molecule has 4 rings (SSSR count). The fraction of sp³-hybridized carbons (Fsp3) is 0.529. The van der Waals surface area contributed by atoms with E-state index in [0.717, 1.165) is 39.9 Å². The van der Waals surface area contributed by atoms with Crippen LogP contribution in [-0.4, -0.2) is 24.7 Å². The van der Waals surface area contributed by atoms with Crippen LogP contribution in [-0.2, 0) is 20.0 Å². The zero-order valence-corrected chi connectivity index (χ0v) is 15.2. The molecule has 24 heavy (non-hydrogen) atoms. The first kappa shape index (κ1) is 15.5. The van der Waals surface area contributed by atoms with Crippen LogP contribution in [0, 0.1) is 6.92 Å². The average Bonchev–Trinajstić information content (AvgIpc) is 3.08. The highest BCUT2D eigenvalue weighted by Crippen LogP contribution is 2.35. The van der Waals surface area contributed by atoms with E-state index in [1.807, 2.05) is 6.92 Å². The molecule has 1 saturated carbocycles. The second-order valence-electron chi connectivity index (χ2n) is 6.42. The standard InChI is InChI=1S/C17H22N6S/c1-4-12-8-13-15(19-10(2)20-17(13)24-12)18-9-14-21-22-16(23(14)3)11-6-5-7-11/h8,11H,4-7,9H2,1-3H3,(H,18,19,20). The Morgan fingerprint density at radius 3 is 2.83 bits per heavy atom. The van der Waals surface area contributed by atoms with Gasteiger partial charge in [0.15, 0.2) is 5.82 Å². The molecule has 0 radical (unpaired) electrons. The SMILES string of the molecule is CCc1cc2c(NCc3nnc(C4CCC4)n3C)nc(C)nc2s1. The molecule has 0 aliphatic heterocycles. The lowest BCUT2D eigenvalue weighted by Crippen LogP contribution is -2.15. The minimum Gasteiger partial charge on any atom is -0.362 e. The molecule has 126 valence electrons. The van der Waals surface area contributed by atoms with E-state index in [0.29, 0.717) is 12.5 Å². The number of fused-ring (bicyclic) bond motifs is 1. The van der Waals surface area contributed by atoms with Gasteiger partial charge in [-0.25, -0.2) is 9.97 Å². The predicted molar refractivity (Wildman–Crippen MR) is 96.5 cm³/mol. The lowest BCUT2D eigenvalue weighted by atomic mass is 9.85. The summed E-state index contributed by atoms with van der Waals surface area (Å²) in [4.78, 5) is 11.5. The van der Waals surface area contributed by atoms with Gasteiger partial charge in [0.05, 0.1) is 11.9 Å². The Hall–Kier alpha value is -2.02. The summed E-state index contributed by atoms with van der Waals surface area (Å²) in [5.74, 6) is 4.34. The van der Waals surface area contributed by atoms with Crippen molar-refractivity contribution in [3.8, 4) is 0 Å². The van der Waals surface area contributed by atoms with Gasteiger partial charge in [-0.1, -0.05) is 13.3 Å². The van der Waals surface area contributed by atoms with Crippen LogP contribution in [0.15, 0.2) is 6.07 Å². The van der Waals surface area contributed by atoms with Gasteiger partial charge < -0.3 is 9.88 Å². The topological polar surface area (TPSA) is 68.5 Å². The van der Waals surface area contributed by atoms with Gasteiger partial charge in [-0.05, 0) is 32.3 Å². The van der Waals surface area contributed by atoms with Crippen LogP contribution >= 0.6 is 11.3 Å². The normalized spacial score (nSPS) is 15.0. The van der Waals surface area contributed by atoms with Gasteiger partial charge in [0, 0.05) is 17.8 Å². The number of aromatic nitrogens is 5. The van der Waals surface area contributed by atoms with Crippen molar-refractivity contribution in [1.29, 1.82) is 0 Å². The summed E-state index contributed by atoms with van der Waals surface area (Å²) in [6.07, 6.45) is 4.80. The molecule has 0 amide bonds. The Balaban J connectivity index is 1.58. The molecule has 3 heterocycles. The number of aryl methyl sites for hydroxylation is 2. The van der Waals surface area contributed by atoms with Crippen molar-refractivity contribution in [2.45, 2.75) is 52.0 Å². The van der Waals surface area contributed by atoms with Gasteiger partial charge in [0.1, 0.15) is 22.3 Å². The molecule has 3 aromatic rings. The van der Waals surface area contributed by atoms with Crippen LogP contribution in [0.1, 0.15) is 54.5 Å². The maximum Gasteiger partial charge on any atom is 0.152 e. The molecule has 0 spiro atoms. The van der Waals surface area contributed by atoms with Crippen molar-refractivity contribution in [2.75, 3.05) is 5.32 Å². The monoisotopic (exact) mass is 342 g/mol. The van der Waals surface area contributed by atoms with Crippen LogP contribution in [0.5, 0.6) is 0 Å². The predicted octanol–water partition coefficient (Wildman–Crippen LogP) is 3.57. The summed E-state index contributed by atoms with van der Waals surface area (Å²) in [6, 6.07) is 2.19. The number of anilines is 1. The first-order valence-corrected chi connectivity index (χ1v) is 9.36. The van der Waals surface area contributed by atoms with E-state index in [1.165, 1.54) is 24.1 Å². The number of nitrogens with zero attached hydrogens (tertiary/aromatic N) is 5. The van der Waals surface area contributed by atoms with Gasteiger partial charge in [0.2, 0.25) is 0 Å². The summed E-state index contributed by atoms with van der Waals surface area (Å²) in [7, 11) is 2.06. The molecule has 6 nitrogen and oxygen atoms in total. The molecule has 1 aliphatic carbocycles. The summed E-state index contributed by atoms with van der Waals surface area (Å²) in [5, 5.41) is 13.3. The van der Waals surface area contributed by atoms with Crippen molar-refractivity contribution in [3.05, 3.63) is 28.4 Å². The van der Waals surface area contributed by atoms with Crippen molar-refractivity contribution >= 4 is 27.4 Å². The van der Waals surface area contributed by atoms with Crippen molar-refractivity contribution in [2.24, 2.45) is 7.05 Å². The Morgan fingerprint density at radius 2 is 2.12 bits per heavy atom. The smallest absolute Gasteiger partial charge is 0.152 e. The Labute approximate surface area is 145 Å². The van der Waals surface area contributed by atoms with E-state index in [2.05, 4.69) is 50.1 Å². The Bertz CT molecular complexity index is 877. The highest BCUT2D eigenvalue weighted by atomic mass is 32.1. The number of hydrogen-bond donors (Lipinski definition) is 1. The third kappa shape index (κ3) is 2.66. The second-order valence-corrected chi connectivity index (χ2v) is 7.53. The maximum absolute atomic E-state index is 4.59. The molecule has 0 saturated heterocycles. The first-order chi connectivity index (χ1) is 11.7. The second kappa shape index (κ2) is 6.12. The number of nitrogens with one attached hydrogen (secondary N) is 1. The highest BCUT2D eigenvalue weighted by Gasteiger charge is 2.25. The van der Waals surface area contributed by atoms with E-state index >= 15 is 0 Å². The molecular weight excluding hydrogens is 320 g/mol. The van der Waals surface area contributed by atoms with Crippen LogP contribution in [0.2, 0.25) is 0 Å². The fourth-order valence-electron chi connectivity index (χ4n) is 3.10. The molecule has 0 aromatic carbocycles. The van der Waals surface area contributed by atoms with Crippen LogP contribution in [0.25, 0.3) is 10.2 Å². The van der Waals surface area contributed by atoms with E-state index in [-0.39, 0.29) is 0 Å². The third-order valence-corrected chi connectivity index (χ3v) is 5.96. The highest BCUT2D eigenvalue weighted by molar-refractivity contribution is 7.18.